The Morgan fingerprint density at radius 3 is 3.07 bits per heavy atom. The third-order valence-corrected chi connectivity index (χ3v) is 1.77. The molecule has 0 saturated carbocycles. The van der Waals surface area contributed by atoms with E-state index in [9.17, 15) is 4.79 Å². The van der Waals surface area contributed by atoms with E-state index < -0.39 is 6.10 Å². The largest absolute Gasteiger partial charge is 0.469 e. The number of nitrogens with one attached hydrogen (secondary N) is 1. The van der Waals surface area contributed by atoms with Crippen LogP contribution in [0.3, 0.4) is 0 Å². The zero-order chi connectivity index (χ0) is 10.4. The number of aliphatic hydroxyl groups excluding tert-OH is 1. The number of hydrogen-bond acceptors (Lipinski definition) is 3. The highest BCUT2D eigenvalue weighted by atomic mass is 16.3. The molecule has 1 aromatic rings. The number of rotatable bonds is 5. The van der Waals surface area contributed by atoms with E-state index in [-0.39, 0.29) is 5.91 Å². The zero-order valence-electron chi connectivity index (χ0n) is 8.19. The Hall–Kier alpha value is -1.29. The molecule has 4 nitrogen and oxygen atoms in total. The molecular formula is C10H15NO3. The lowest BCUT2D eigenvalue weighted by atomic mass is 10.2. The summed E-state index contributed by atoms with van der Waals surface area (Å²) in [5, 5.41) is 11.5. The Bertz CT molecular complexity index is 267. The van der Waals surface area contributed by atoms with Crippen LogP contribution in [0.4, 0.5) is 0 Å². The van der Waals surface area contributed by atoms with E-state index in [1.54, 1.807) is 19.3 Å². The smallest absolute Gasteiger partial charge is 0.220 e. The number of amides is 1. The van der Waals surface area contributed by atoms with Gasteiger partial charge in [0.1, 0.15) is 5.76 Å². The molecule has 0 aliphatic rings. The van der Waals surface area contributed by atoms with E-state index in [2.05, 4.69) is 5.32 Å². The van der Waals surface area contributed by atoms with Crippen molar-refractivity contribution in [2.75, 3.05) is 6.54 Å². The third-order valence-electron chi connectivity index (χ3n) is 1.77. The summed E-state index contributed by atoms with van der Waals surface area (Å²) in [6.45, 7) is 1.93. The minimum Gasteiger partial charge on any atom is -0.469 e. The molecule has 0 radical (unpaired) electrons. The molecule has 1 amide bonds. The number of aliphatic hydroxyl groups is 1. The summed E-state index contributed by atoms with van der Waals surface area (Å²) < 4.78 is 5.08. The van der Waals surface area contributed by atoms with Gasteiger partial charge in [-0.05, 0) is 19.1 Å². The molecule has 4 heteroatoms. The van der Waals surface area contributed by atoms with Gasteiger partial charge in [0.25, 0.3) is 0 Å². The first-order chi connectivity index (χ1) is 6.68. The summed E-state index contributed by atoms with van der Waals surface area (Å²) in [7, 11) is 0. The number of furan rings is 1. The minimum atomic E-state index is -0.498. The molecule has 1 atom stereocenters. The number of carbonyl (C=O) groups is 1. The SMILES string of the molecule is C[C@H](O)CNC(=O)CCc1ccco1. The molecule has 0 unspecified atom stereocenters. The molecule has 0 aliphatic heterocycles. The Morgan fingerprint density at radius 2 is 2.50 bits per heavy atom. The highest BCUT2D eigenvalue weighted by molar-refractivity contribution is 5.76. The van der Waals surface area contributed by atoms with Crippen molar-refractivity contribution >= 4 is 5.91 Å². The molecule has 0 saturated heterocycles. The summed E-state index contributed by atoms with van der Waals surface area (Å²) in [6, 6.07) is 3.63. The predicted molar refractivity (Wildman–Crippen MR) is 51.7 cm³/mol. The second-order valence-electron chi connectivity index (χ2n) is 3.23. The van der Waals surface area contributed by atoms with Crippen molar-refractivity contribution in [1.29, 1.82) is 0 Å². The van der Waals surface area contributed by atoms with E-state index in [1.165, 1.54) is 0 Å². The van der Waals surface area contributed by atoms with Crippen molar-refractivity contribution in [3.05, 3.63) is 24.2 Å². The molecular weight excluding hydrogens is 182 g/mol. The van der Waals surface area contributed by atoms with Crippen LogP contribution in [0.1, 0.15) is 19.1 Å². The Balaban J connectivity index is 2.15. The zero-order valence-corrected chi connectivity index (χ0v) is 8.19. The second kappa shape index (κ2) is 5.44. The highest BCUT2D eigenvalue weighted by Crippen LogP contribution is 2.02. The average molecular weight is 197 g/mol. The maximum atomic E-state index is 11.2. The van der Waals surface area contributed by atoms with Gasteiger partial charge in [-0.15, -0.1) is 0 Å². The monoisotopic (exact) mass is 197 g/mol. The quantitative estimate of drug-likeness (QED) is 0.730. The lowest BCUT2D eigenvalue weighted by Crippen LogP contribution is -2.30. The van der Waals surface area contributed by atoms with Gasteiger partial charge in [0.15, 0.2) is 0 Å². The maximum Gasteiger partial charge on any atom is 0.220 e. The van der Waals surface area contributed by atoms with Gasteiger partial charge < -0.3 is 14.8 Å². The number of carbonyl (C=O) groups excluding carboxylic acids is 1. The standard InChI is InChI=1S/C10H15NO3/c1-8(12)7-11-10(13)5-4-9-3-2-6-14-9/h2-3,6,8,12H,4-5,7H2,1H3,(H,11,13)/t8-/m0/s1. The molecule has 0 aliphatic carbocycles. The van der Waals surface area contributed by atoms with Crippen LogP contribution >= 0.6 is 0 Å². The van der Waals surface area contributed by atoms with Gasteiger partial charge in [0.2, 0.25) is 5.91 Å². The van der Waals surface area contributed by atoms with Crippen molar-refractivity contribution in [3.63, 3.8) is 0 Å². The molecule has 14 heavy (non-hydrogen) atoms. The lowest BCUT2D eigenvalue weighted by molar-refractivity contribution is -0.121. The molecule has 0 fully saturated rings. The first-order valence-corrected chi connectivity index (χ1v) is 4.65. The van der Waals surface area contributed by atoms with Crippen LogP contribution < -0.4 is 5.32 Å². The fourth-order valence-corrected chi connectivity index (χ4v) is 1.04. The second-order valence-corrected chi connectivity index (χ2v) is 3.23. The van der Waals surface area contributed by atoms with Crippen molar-refractivity contribution in [2.24, 2.45) is 0 Å². The molecule has 1 rings (SSSR count). The molecule has 1 aromatic heterocycles. The summed E-state index contributed by atoms with van der Waals surface area (Å²) in [5.74, 6) is 0.736. The summed E-state index contributed by atoms with van der Waals surface area (Å²) in [6.07, 6.45) is 2.07. The topological polar surface area (TPSA) is 62.5 Å². The Morgan fingerprint density at radius 1 is 1.71 bits per heavy atom. The van der Waals surface area contributed by atoms with Gasteiger partial charge in [-0.3, -0.25) is 4.79 Å². The van der Waals surface area contributed by atoms with E-state index in [0.717, 1.165) is 5.76 Å². The summed E-state index contributed by atoms with van der Waals surface area (Å²) in [5.41, 5.74) is 0. The van der Waals surface area contributed by atoms with Crippen LogP contribution in [0.5, 0.6) is 0 Å². The molecule has 0 aromatic carbocycles. The summed E-state index contributed by atoms with van der Waals surface area (Å²) in [4.78, 5) is 11.2. The van der Waals surface area contributed by atoms with Gasteiger partial charge in [-0.25, -0.2) is 0 Å². The van der Waals surface area contributed by atoms with Gasteiger partial charge in [-0.1, -0.05) is 0 Å². The predicted octanol–water partition coefficient (Wildman–Crippen LogP) is 0.709. The van der Waals surface area contributed by atoms with Crippen LogP contribution in [0.15, 0.2) is 22.8 Å². The van der Waals surface area contributed by atoms with Gasteiger partial charge >= 0.3 is 0 Å². The van der Waals surface area contributed by atoms with Crippen LogP contribution in [0, 0.1) is 0 Å². The average Bonchev–Trinajstić information content (AvgIpc) is 2.63. The third kappa shape index (κ3) is 4.09. The maximum absolute atomic E-state index is 11.2. The highest BCUT2D eigenvalue weighted by Gasteiger charge is 2.04. The lowest BCUT2D eigenvalue weighted by Gasteiger charge is -2.05. The normalized spacial score (nSPS) is 12.4. The van der Waals surface area contributed by atoms with Crippen LogP contribution in [-0.2, 0) is 11.2 Å². The van der Waals surface area contributed by atoms with E-state index in [1.807, 2.05) is 6.07 Å². The van der Waals surface area contributed by atoms with Crippen LogP contribution in [0.2, 0.25) is 0 Å². The van der Waals surface area contributed by atoms with Gasteiger partial charge in [0.05, 0.1) is 12.4 Å². The van der Waals surface area contributed by atoms with Crippen molar-refractivity contribution in [1.82, 2.24) is 5.32 Å². The van der Waals surface area contributed by atoms with Gasteiger partial charge in [-0.2, -0.15) is 0 Å². The first-order valence-electron chi connectivity index (χ1n) is 4.65. The number of aryl methyl sites for hydroxylation is 1. The molecule has 2 N–H and O–H groups in total. The molecule has 0 spiro atoms. The number of hydrogen-bond donors (Lipinski definition) is 2. The minimum absolute atomic E-state index is 0.0673. The molecule has 78 valence electrons. The fraction of sp³-hybridized carbons (Fsp3) is 0.500. The Labute approximate surface area is 82.9 Å². The van der Waals surface area contributed by atoms with Crippen LogP contribution in [-0.4, -0.2) is 23.7 Å². The molecule has 1 heterocycles. The first kappa shape index (κ1) is 10.8. The van der Waals surface area contributed by atoms with Crippen molar-refractivity contribution < 1.29 is 14.3 Å². The van der Waals surface area contributed by atoms with E-state index in [4.69, 9.17) is 9.52 Å². The molecule has 0 bridgehead atoms. The van der Waals surface area contributed by atoms with E-state index >= 15 is 0 Å². The van der Waals surface area contributed by atoms with Crippen molar-refractivity contribution in [2.45, 2.75) is 25.9 Å². The van der Waals surface area contributed by atoms with Crippen molar-refractivity contribution in [3.8, 4) is 0 Å². The fourth-order valence-electron chi connectivity index (χ4n) is 1.04. The van der Waals surface area contributed by atoms with Gasteiger partial charge in [0, 0.05) is 19.4 Å². The van der Waals surface area contributed by atoms with E-state index in [0.29, 0.717) is 19.4 Å². The Kier molecular flexibility index (Phi) is 4.19. The van der Waals surface area contributed by atoms with Crippen LogP contribution in [0.25, 0.3) is 0 Å². The summed E-state index contributed by atoms with van der Waals surface area (Å²) >= 11 is 0.